The third-order valence-corrected chi connectivity index (χ3v) is 4.93. The van der Waals surface area contributed by atoms with Crippen molar-refractivity contribution in [1.29, 1.82) is 0 Å². The second-order valence-corrected chi connectivity index (χ2v) is 6.99. The Hall–Kier alpha value is -2.57. The van der Waals surface area contributed by atoms with Crippen LogP contribution in [-0.2, 0) is 9.53 Å². The number of nitrogens with one attached hydrogen (secondary N) is 1. The summed E-state index contributed by atoms with van der Waals surface area (Å²) in [5, 5.41) is 4.83. The van der Waals surface area contributed by atoms with Crippen molar-refractivity contribution in [3.05, 3.63) is 58.6 Å². The van der Waals surface area contributed by atoms with Gasteiger partial charge in [-0.25, -0.2) is 5.43 Å². The number of amides is 1. The highest BCUT2D eigenvalue weighted by Crippen LogP contribution is 2.21. The van der Waals surface area contributed by atoms with Gasteiger partial charge in [-0.15, -0.1) is 0 Å². The Bertz CT molecular complexity index is 846. The summed E-state index contributed by atoms with van der Waals surface area (Å²) in [5.41, 5.74) is 6.26. The number of anilines is 1. The zero-order valence-electron chi connectivity index (χ0n) is 16.1. The van der Waals surface area contributed by atoms with Gasteiger partial charge in [0.15, 0.2) is 6.61 Å². The zero-order valence-corrected chi connectivity index (χ0v) is 16.8. The molecular formula is C21H24ClN3O3. The van der Waals surface area contributed by atoms with Crippen LogP contribution in [0.5, 0.6) is 5.75 Å². The minimum absolute atomic E-state index is 0.117. The number of nitrogens with zero attached hydrogens (tertiary/aromatic N) is 2. The Balaban J connectivity index is 1.51. The molecule has 0 unspecified atom stereocenters. The Morgan fingerprint density at radius 2 is 1.93 bits per heavy atom. The number of aryl methyl sites for hydroxylation is 1. The normalized spacial score (nSPS) is 14.7. The number of hydrazone groups is 1. The van der Waals surface area contributed by atoms with E-state index >= 15 is 0 Å². The van der Waals surface area contributed by atoms with Crippen LogP contribution >= 0.6 is 11.6 Å². The van der Waals surface area contributed by atoms with Crippen molar-refractivity contribution in [2.75, 3.05) is 37.8 Å². The summed E-state index contributed by atoms with van der Waals surface area (Å²) >= 11 is 5.98. The molecule has 1 heterocycles. The van der Waals surface area contributed by atoms with Crippen molar-refractivity contribution in [3.8, 4) is 5.75 Å². The minimum atomic E-state index is -0.322. The van der Waals surface area contributed by atoms with Crippen LogP contribution in [0.3, 0.4) is 0 Å². The largest absolute Gasteiger partial charge is 0.484 e. The summed E-state index contributed by atoms with van der Waals surface area (Å²) in [6, 6.07) is 13.4. The first-order valence-electron chi connectivity index (χ1n) is 9.18. The molecule has 0 saturated carbocycles. The first kappa shape index (κ1) is 20.2. The van der Waals surface area contributed by atoms with Crippen LogP contribution in [0.4, 0.5) is 5.69 Å². The number of carbonyl (C=O) groups excluding carboxylic acids is 1. The summed E-state index contributed by atoms with van der Waals surface area (Å²) in [5.74, 6) is 0.272. The Kier molecular flexibility index (Phi) is 6.90. The second kappa shape index (κ2) is 9.57. The van der Waals surface area contributed by atoms with Crippen molar-refractivity contribution in [2.24, 2.45) is 5.10 Å². The van der Waals surface area contributed by atoms with Gasteiger partial charge in [0.2, 0.25) is 0 Å². The summed E-state index contributed by atoms with van der Waals surface area (Å²) in [4.78, 5) is 14.3. The van der Waals surface area contributed by atoms with Crippen LogP contribution in [0.1, 0.15) is 18.1 Å². The first-order chi connectivity index (χ1) is 13.5. The highest BCUT2D eigenvalue weighted by atomic mass is 35.5. The molecule has 7 heteroatoms. The number of ether oxygens (including phenoxy) is 2. The smallest absolute Gasteiger partial charge is 0.277 e. The maximum atomic E-state index is 12.0. The number of benzene rings is 2. The van der Waals surface area contributed by atoms with E-state index in [4.69, 9.17) is 21.1 Å². The Morgan fingerprint density at radius 1 is 1.21 bits per heavy atom. The predicted octanol–water partition coefficient (Wildman–Crippen LogP) is 3.40. The average molecular weight is 402 g/mol. The van der Waals surface area contributed by atoms with E-state index in [9.17, 15) is 4.79 Å². The Morgan fingerprint density at radius 3 is 2.61 bits per heavy atom. The highest BCUT2D eigenvalue weighted by molar-refractivity contribution is 6.31. The summed E-state index contributed by atoms with van der Waals surface area (Å²) < 4.78 is 10.8. The van der Waals surface area contributed by atoms with Gasteiger partial charge in [-0.3, -0.25) is 4.79 Å². The lowest BCUT2D eigenvalue weighted by Gasteiger charge is -2.28. The van der Waals surface area contributed by atoms with E-state index in [0.717, 1.165) is 48.8 Å². The molecule has 1 saturated heterocycles. The fraction of sp³-hybridized carbons (Fsp3) is 0.333. The van der Waals surface area contributed by atoms with E-state index in [1.165, 1.54) is 0 Å². The second-order valence-electron chi connectivity index (χ2n) is 6.58. The number of carbonyl (C=O) groups is 1. The van der Waals surface area contributed by atoms with Gasteiger partial charge in [0, 0.05) is 23.8 Å². The number of morpholine rings is 1. The van der Waals surface area contributed by atoms with E-state index in [-0.39, 0.29) is 12.5 Å². The summed E-state index contributed by atoms with van der Waals surface area (Å²) in [7, 11) is 0. The number of hydrogen-bond donors (Lipinski definition) is 1. The van der Waals surface area contributed by atoms with Gasteiger partial charge >= 0.3 is 0 Å². The molecule has 0 atom stereocenters. The molecule has 1 N–H and O–H groups in total. The van der Waals surface area contributed by atoms with E-state index < -0.39 is 0 Å². The van der Waals surface area contributed by atoms with Crippen molar-refractivity contribution in [2.45, 2.75) is 13.8 Å². The minimum Gasteiger partial charge on any atom is -0.484 e. The fourth-order valence-corrected chi connectivity index (χ4v) is 2.95. The molecule has 0 radical (unpaired) electrons. The van der Waals surface area contributed by atoms with Crippen molar-refractivity contribution in [3.63, 3.8) is 0 Å². The van der Waals surface area contributed by atoms with Gasteiger partial charge in [-0.1, -0.05) is 23.7 Å². The molecule has 0 aliphatic carbocycles. The Labute approximate surface area is 170 Å². The third kappa shape index (κ3) is 5.47. The lowest BCUT2D eigenvalue weighted by molar-refractivity contribution is -0.123. The lowest BCUT2D eigenvalue weighted by atomic mass is 10.1. The van der Waals surface area contributed by atoms with Crippen LogP contribution in [0.15, 0.2) is 47.6 Å². The van der Waals surface area contributed by atoms with Crippen LogP contribution < -0.4 is 15.1 Å². The van der Waals surface area contributed by atoms with E-state index in [1.807, 2.05) is 26.0 Å². The molecule has 2 aromatic rings. The van der Waals surface area contributed by atoms with Crippen LogP contribution in [0.2, 0.25) is 5.02 Å². The topological polar surface area (TPSA) is 63.2 Å². The van der Waals surface area contributed by atoms with Crippen molar-refractivity contribution < 1.29 is 14.3 Å². The van der Waals surface area contributed by atoms with Crippen LogP contribution in [0.25, 0.3) is 0 Å². The standard InChI is InChI=1S/C21H24ClN3O3/c1-15-13-19(7-8-20(15)22)28-14-21(26)24-23-16(2)17-3-5-18(6-4-17)25-9-11-27-12-10-25/h3-8,13H,9-12,14H2,1-2H3,(H,24,26)/b23-16-. The molecular weight excluding hydrogens is 378 g/mol. The molecule has 1 aliphatic rings. The quantitative estimate of drug-likeness (QED) is 0.595. The number of rotatable bonds is 6. The molecule has 1 amide bonds. The molecule has 28 heavy (non-hydrogen) atoms. The third-order valence-electron chi connectivity index (χ3n) is 4.51. The maximum absolute atomic E-state index is 12.0. The van der Waals surface area contributed by atoms with Gasteiger partial charge in [-0.05, 0) is 55.3 Å². The van der Waals surface area contributed by atoms with Gasteiger partial charge < -0.3 is 14.4 Å². The van der Waals surface area contributed by atoms with Crippen molar-refractivity contribution in [1.82, 2.24) is 5.43 Å². The zero-order chi connectivity index (χ0) is 19.9. The van der Waals surface area contributed by atoms with Crippen molar-refractivity contribution >= 4 is 28.9 Å². The van der Waals surface area contributed by atoms with Crippen LogP contribution in [-0.4, -0.2) is 44.5 Å². The monoisotopic (exact) mass is 401 g/mol. The SMILES string of the molecule is C/C(=N/NC(=O)COc1ccc(Cl)c(C)c1)c1ccc(N2CCOCC2)cc1. The van der Waals surface area contributed by atoms with Gasteiger partial charge in [-0.2, -0.15) is 5.10 Å². The van der Waals surface area contributed by atoms with Crippen LogP contribution in [0, 0.1) is 6.92 Å². The summed E-state index contributed by atoms with van der Waals surface area (Å²) in [6.45, 7) is 6.93. The van der Waals surface area contributed by atoms with E-state index in [0.29, 0.717) is 10.8 Å². The molecule has 0 spiro atoms. The lowest BCUT2D eigenvalue weighted by Crippen LogP contribution is -2.36. The molecule has 1 aliphatic heterocycles. The molecule has 148 valence electrons. The first-order valence-corrected chi connectivity index (χ1v) is 9.56. The molecule has 0 bridgehead atoms. The molecule has 2 aromatic carbocycles. The van der Waals surface area contributed by atoms with Gasteiger partial charge in [0.05, 0.1) is 18.9 Å². The molecule has 3 rings (SSSR count). The molecule has 0 aromatic heterocycles. The van der Waals surface area contributed by atoms with E-state index in [1.54, 1.807) is 18.2 Å². The predicted molar refractivity (Wildman–Crippen MR) is 112 cm³/mol. The summed E-state index contributed by atoms with van der Waals surface area (Å²) in [6.07, 6.45) is 0. The van der Waals surface area contributed by atoms with Gasteiger partial charge in [0.25, 0.3) is 5.91 Å². The highest BCUT2D eigenvalue weighted by Gasteiger charge is 2.11. The maximum Gasteiger partial charge on any atom is 0.277 e. The molecule has 6 nitrogen and oxygen atoms in total. The average Bonchev–Trinajstić information content (AvgIpc) is 2.73. The molecule has 1 fully saturated rings. The number of hydrogen-bond acceptors (Lipinski definition) is 5. The van der Waals surface area contributed by atoms with Gasteiger partial charge in [0.1, 0.15) is 5.75 Å². The number of halogens is 1. The fourth-order valence-electron chi connectivity index (χ4n) is 2.83. The van der Waals surface area contributed by atoms with E-state index in [2.05, 4.69) is 27.6 Å².